The fourth-order valence-corrected chi connectivity index (χ4v) is 5.54. The van der Waals surface area contributed by atoms with E-state index in [1.807, 2.05) is 0 Å². The smallest absolute Gasteiger partial charge is 0.115 e. The Hall–Kier alpha value is -2.18. The molecule has 0 spiro atoms. The summed E-state index contributed by atoms with van der Waals surface area (Å²) in [7, 11) is 2.10. The minimum atomic E-state index is 0.0142. The van der Waals surface area contributed by atoms with Crippen LogP contribution in [0.4, 0.5) is 11.4 Å². The van der Waals surface area contributed by atoms with E-state index in [1.165, 1.54) is 48.3 Å². The molecule has 0 saturated heterocycles. The van der Waals surface area contributed by atoms with Crippen LogP contribution < -0.4 is 9.62 Å². The molecule has 1 aliphatic rings. The zero-order valence-electron chi connectivity index (χ0n) is 20.5. The van der Waals surface area contributed by atoms with E-state index in [4.69, 9.17) is 10.1 Å². The zero-order chi connectivity index (χ0) is 23.4. The first kappa shape index (κ1) is 24.0. The van der Waals surface area contributed by atoms with Crippen molar-refractivity contribution in [3.05, 3.63) is 48.3 Å². The fraction of sp³-hybridized carbons (Fsp3) is 0.519. The summed E-state index contributed by atoms with van der Waals surface area (Å²) in [5, 5.41) is 12.2. The van der Waals surface area contributed by atoms with Crippen LogP contribution in [0.3, 0.4) is 0 Å². The van der Waals surface area contributed by atoms with Gasteiger partial charge < -0.3 is 19.3 Å². The van der Waals surface area contributed by atoms with Gasteiger partial charge in [-0.3, -0.25) is 0 Å². The Bertz CT molecular complexity index is 1050. The Morgan fingerprint density at radius 1 is 1.09 bits per heavy atom. The van der Waals surface area contributed by atoms with Crippen molar-refractivity contribution in [3.8, 4) is 0 Å². The first-order valence-corrected chi connectivity index (χ1v) is 13.0. The Balaban J connectivity index is 1.55. The highest BCUT2D eigenvalue weighted by Gasteiger charge is 2.25. The van der Waals surface area contributed by atoms with Gasteiger partial charge >= 0.3 is 0 Å². The molecule has 178 valence electrons. The summed E-state index contributed by atoms with van der Waals surface area (Å²) >= 11 is 1.70. The van der Waals surface area contributed by atoms with Crippen LogP contribution in [0.25, 0.3) is 11.0 Å². The lowest BCUT2D eigenvalue weighted by molar-refractivity contribution is 0.311. The predicted molar refractivity (Wildman–Crippen MR) is 141 cm³/mol. The molecule has 0 radical (unpaired) electrons. The molecule has 2 aromatic carbocycles. The quantitative estimate of drug-likeness (QED) is 0.373. The summed E-state index contributed by atoms with van der Waals surface area (Å²) in [5.41, 5.74) is 4.53. The molecule has 2 N–H and O–H groups in total. The number of imidazole rings is 1. The van der Waals surface area contributed by atoms with Crippen molar-refractivity contribution in [3.63, 3.8) is 0 Å². The maximum Gasteiger partial charge on any atom is 0.115 e. The average molecular weight is 467 g/mol. The highest BCUT2D eigenvalue weighted by molar-refractivity contribution is 8.00. The molecule has 3 aromatic rings. The highest BCUT2D eigenvalue weighted by atomic mass is 32.2. The molecule has 0 aliphatic heterocycles. The van der Waals surface area contributed by atoms with E-state index >= 15 is 0 Å². The second-order valence-corrected chi connectivity index (χ2v) is 11.4. The van der Waals surface area contributed by atoms with Crippen molar-refractivity contribution < 1.29 is 5.11 Å². The highest BCUT2D eigenvalue weighted by Crippen LogP contribution is 2.34. The van der Waals surface area contributed by atoms with Crippen LogP contribution in [0, 0.1) is 5.92 Å². The Morgan fingerprint density at radius 2 is 1.82 bits per heavy atom. The third-order valence-electron chi connectivity index (χ3n) is 6.47. The fourth-order valence-electron chi connectivity index (χ4n) is 4.74. The van der Waals surface area contributed by atoms with Crippen LogP contribution in [0.1, 0.15) is 58.7 Å². The molecular weight excluding hydrogens is 428 g/mol. The van der Waals surface area contributed by atoms with Crippen molar-refractivity contribution >= 4 is 34.4 Å². The maximum absolute atomic E-state index is 8.97. The van der Waals surface area contributed by atoms with Crippen molar-refractivity contribution in [1.82, 2.24) is 9.55 Å². The number of anilines is 2. The minimum absolute atomic E-state index is 0.0142. The van der Waals surface area contributed by atoms with Gasteiger partial charge in [-0.25, -0.2) is 4.98 Å². The summed E-state index contributed by atoms with van der Waals surface area (Å²) in [5.74, 6) is 1.96. The van der Waals surface area contributed by atoms with Crippen molar-refractivity contribution in [2.24, 2.45) is 5.92 Å². The first-order valence-electron chi connectivity index (χ1n) is 12.2. The summed E-state index contributed by atoms with van der Waals surface area (Å²) in [6.45, 7) is 8.60. The molecular formula is C27H38N4OS. The average Bonchev–Trinajstić information content (AvgIpc) is 3.17. The van der Waals surface area contributed by atoms with Gasteiger partial charge in [-0.05, 0) is 73.2 Å². The molecule has 0 atom stereocenters. The summed E-state index contributed by atoms with van der Waals surface area (Å²) < 4.78 is 4.70. The number of rotatable bonds is 8. The van der Waals surface area contributed by atoms with E-state index in [9.17, 15) is 0 Å². The number of benzene rings is 2. The third-order valence-corrected chi connectivity index (χ3v) is 7.44. The molecule has 0 amide bonds. The van der Waals surface area contributed by atoms with Gasteiger partial charge in [-0.15, -0.1) is 0 Å². The number of nitrogens with zero attached hydrogens (tertiary/aromatic N) is 3. The van der Waals surface area contributed by atoms with Crippen molar-refractivity contribution in [2.45, 2.75) is 69.7 Å². The molecule has 1 aliphatic carbocycles. The third kappa shape index (κ3) is 5.85. The second kappa shape index (κ2) is 10.4. The molecule has 4 rings (SSSR count). The van der Waals surface area contributed by atoms with Gasteiger partial charge in [0.25, 0.3) is 0 Å². The van der Waals surface area contributed by atoms with E-state index in [-0.39, 0.29) is 12.0 Å². The summed E-state index contributed by atoms with van der Waals surface area (Å²) in [4.78, 5) is 6.31. The van der Waals surface area contributed by atoms with Gasteiger partial charge in [-0.2, -0.15) is 0 Å². The predicted octanol–water partition coefficient (Wildman–Crippen LogP) is 6.46. The number of aromatic nitrogens is 2. The van der Waals surface area contributed by atoms with Crippen LogP contribution in [0.15, 0.2) is 47.4 Å². The van der Waals surface area contributed by atoms with Crippen LogP contribution in [-0.2, 0) is 12.0 Å². The van der Waals surface area contributed by atoms with Gasteiger partial charge in [0.2, 0.25) is 0 Å². The Labute approximate surface area is 202 Å². The van der Waals surface area contributed by atoms with Crippen LogP contribution in [-0.4, -0.2) is 34.9 Å². The largest absolute Gasteiger partial charge is 0.395 e. The lowest BCUT2D eigenvalue weighted by atomic mass is 9.88. The zero-order valence-corrected chi connectivity index (χ0v) is 21.3. The van der Waals surface area contributed by atoms with Crippen molar-refractivity contribution in [1.29, 1.82) is 0 Å². The molecule has 33 heavy (non-hydrogen) atoms. The number of aliphatic hydroxyl groups is 1. The van der Waals surface area contributed by atoms with E-state index in [2.05, 4.69) is 84.5 Å². The number of hydrogen-bond donors (Lipinski definition) is 2. The van der Waals surface area contributed by atoms with E-state index < -0.39 is 0 Å². The molecule has 1 aromatic heterocycles. The number of fused-ring (bicyclic) bond motifs is 1. The van der Waals surface area contributed by atoms with Gasteiger partial charge in [0, 0.05) is 41.8 Å². The first-order chi connectivity index (χ1) is 15.8. The molecule has 6 heteroatoms. The van der Waals surface area contributed by atoms with Crippen LogP contribution >= 0.6 is 11.9 Å². The monoisotopic (exact) mass is 466 g/mol. The molecule has 5 nitrogen and oxygen atoms in total. The molecule has 0 bridgehead atoms. The minimum Gasteiger partial charge on any atom is -0.395 e. The van der Waals surface area contributed by atoms with E-state index in [1.54, 1.807) is 11.9 Å². The SMILES string of the molecule is CN(Sc1ccc(NCCO)cc1)c1ccc2c(c1)nc(C(C)(C)C)n2CC1CCCCC1. The molecule has 1 fully saturated rings. The van der Waals surface area contributed by atoms with Crippen LogP contribution in [0.2, 0.25) is 0 Å². The number of hydrogen-bond acceptors (Lipinski definition) is 5. The van der Waals surface area contributed by atoms with Gasteiger partial charge in [0.15, 0.2) is 0 Å². The van der Waals surface area contributed by atoms with Gasteiger partial charge in [-0.1, -0.05) is 40.0 Å². The lowest BCUT2D eigenvalue weighted by Crippen LogP contribution is -2.22. The summed E-state index contributed by atoms with van der Waals surface area (Å²) in [6.07, 6.45) is 6.81. The number of nitrogens with one attached hydrogen (secondary N) is 1. The Kier molecular flexibility index (Phi) is 7.55. The second-order valence-electron chi connectivity index (χ2n) is 10.2. The molecule has 1 saturated carbocycles. The normalized spacial score (nSPS) is 15.2. The standard InChI is InChI=1S/C27H38N4OS/c1-27(2,3)26-29-24-18-22(12-15-25(24)31(26)19-20-8-6-5-7-9-20)30(4)33-23-13-10-21(11-14-23)28-16-17-32/h10-15,18,20,28,32H,5-9,16-17,19H2,1-4H3. The molecule has 0 unspecified atom stereocenters. The molecule has 1 heterocycles. The lowest BCUT2D eigenvalue weighted by Gasteiger charge is -2.26. The topological polar surface area (TPSA) is 53.3 Å². The van der Waals surface area contributed by atoms with Crippen molar-refractivity contribution in [2.75, 3.05) is 29.8 Å². The van der Waals surface area contributed by atoms with Crippen LogP contribution in [0.5, 0.6) is 0 Å². The van der Waals surface area contributed by atoms with Gasteiger partial charge in [0.05, 0.1) is 17.6 Å². The van der Waals surface area contributed by atoms with Gasteiger partial charge in [0.1, 0.15) is 5.82 Å². The van der Waals surface area contributed by atoms with E-state index in [0.29, 0.717) is 6.54 Å². The maximum atomic E-state index is 8.97. The van der Waals surface area contributed by atoms with E-state index in [0.717, 1.165) is 29.4 Å². The Morgan fingerprint density at radius 3 is 2.48 bits per heavy atom. The summed E-state index contributed by atoms with van der Waals surface area (Å²) in [6, 6.07) is 15.0. The number of aliphatic hydroxyl groups excluding tert-OH is 1.